The summed E-state index contributed by atoms with van der Waals surface area (Å²) in [5.41, 5.74) is 3.99. The van der Waals surface area contributed by atoms with Crippen LogP contribution >= 0.6 is 15.9 Å². The standard InChI is InChI=1S/C27H28BrN5O8/c1-5-39-26(35)23-15(2)31-27(36)32-24(23)16-6-7-19(20(11-16)37-3)41-14-22(34)33-30-13-17-10-18(28)12-21(38-4)25(17)40-9-8-29/h6-7,10-13,24H,5,9,14H2,1-4H3,(H,33,34)(H2,31,32,36)/b30-13+/t24-/m1/s1. The molecule has 216 valence electrons. The number of carbonyl (C=O) groups excluding carboxylic acids is 3. The van der Waals surface area contributed by atoms with E-state index in [0.717, 1.165) is 0 Å². The molecule has 3 N–H and O–H groups in total. The minimum absolute atomic E-state index is 0.172. The van der Waals surface area contributed by atoms with Crippen LogP contribution in [0.1, 0.15) is 31.0 Å². The van der Waals surface area contributed by atoms with Crippen LogP contribution in [0.4, 0.5) is 4.79 Å². The molecule has 14 heteroatoms. The Labute approximate surface area is 244 Å². The Kier molecular flexibility index (Phi) is 10.9. The third-order valence-electron chi connectivity index (χ3n) is 5.59. The van der Waals surface area contributed by atoms with Gasteiger partial charge in [-0.15, -0.1) is 0 Å². The molecule has 1 heterocycles. The lowest BCUT2D eigenvalue weighted by atomic mass is 9.95. The third kappa shape index (κ3) is 7.89. The zero-order chi connectivity index (χ0) is 29.9. The number of hydrogen-bond acceptors (Lipinski definition) is 10. The largest absolute Gasteiger partial charge is 0.493 e. The summed E-state index contributed by atoms with van der Waals surface area (Å²) in [5, 5.41) is 18.1. The van der Waals surface area contributed by atoms with Gasteiger partial charge in [0.2, 0.25) is 0 Å². The number of nitrogens with one attached hydrogen (secondary N) is 3. The SMILES string of the molecule is CCOC(=O)C1=C(C)NC(=O)N[C@@H]1c1ccc(OCC(=O)N/N=C/c2cc(Br)cc(OC)c2OCC#N)c(OC)c1. The number of halogens is 1. The fourth-order valence-corrected chi connectivity index (χ4v) is 4.31. The number of benzene rings is 2. The quantitative estimate of drug-likeness (QED) is 0.181. The van der Waals surface area contributed by atoms with Crippen LogP contribution in [0, 0.1) is 11.3 Å². The highest BCUT2D eigenvalue weighted by atomic mass is 79.9. The van der Waals surface area contributed by atoms with Crippen molar-refractivity contribution in [2.75, 3.05) is 34.0 Å². The molecule has 2 aromatic rings. The fourth-order valence-electron chi connectivity index (χ4n) is 3.85. The average molecular weight is 630 g/mol. The van der Waals surface area contributed by atoms with Crippen molar-refractivity contribution in [1.82, 2.24) is 16.1 Å². The van der Waals surface area contributed by atoms with Crippen molar-refractivity contribution in [3.63, 3.8) is 0 Å². The van der Waals surface area contributed by atoms with E-state index < -0.39 is 30.6 Å². The first-order valence-corrected chi connectivity index (χ1v) is 13.0. The second kappa shape index (κ2) is 14.6. The van der Waals surface area contributed by atoms with E-state index in [9.17, 15) is 14.4 Å². The van der Waals surface area contributed by atoms with Gasteiger partial charge in [-0.3, -0.25) is 4.79 Å². The minimum Gasteiger partial charge on any atom is -0.493 e. The van der Waals surface area contributed by atoms with E-state index in [1.807, 2.05) is 6.07 Å². The highest BCUT2D eigenvalue weighted by molar-refractivity contribution is 9.10. The molecule has 0 bridgehead atoms. The molecule has 0 spiro atoms. The van der Waals surface area contributed by atoms with Gasteiger partial charge in [0.15, 0.2) is 36.2 Å². The van der Waals surface area contributed by atoms with Crippen molar-refractivity contribution >= 4 is 40.1 Å². The van der Waals surface area contributed by atoms with Gasteiger partial charge in [0, 0.05) is 15.7 Å². The second-order valence-electron chi connectivity index (χ2n) is 8.26. The van der Waals surface area contributed by atoms with E-state index in [0.29, 0.717) is 27.0 Å². The number of nitriles is 1. The molecule has 3 amide bonds. The number of nitrogens with zero attached hydrogens (tertiary/aromatic N) is 2. The van der Waals surface area contributed by atoms with Gasteiger partial charge in [-0.2, -0.15) is 10.4 Å². The normalized spacial score (nSPS) is 14.4. The predicted octanol–water partition coefficient (Wildman–Crippen LogP) is 3.09. The van der Waals surface area contributed by atoms with Crippen molar-refractivity contribution < 1.29 is 38.1 Å². The van der Waals surface area contributed by atoms with Gasteiger partial charge < -0.3 is 34.3 Å². The van der Waals surface area contributed by atoms with Gasteiger partial charge in [0.05, 0.1) is 38.7 Å². The zero-order valence-corrected chi connectivity index (χ0v) is 24.3. The number of rotatable bonds is 12. The summed E-state index contributed by atoms with van der Waals surface area (Å²) in [6.45, 7) is 2.87. The number of carbonyl (C=O) groups is 3. The van der Waals surface area contributed by atoms with E-state index >= 15 is 0 Å². The number of hydrazone groups is 1. The maximum absolute atomic E-state index is 12.6. The van der Waals surface area contributed by atoms with Gasteiger partial charge in [0.1, 0.15) is 6.07 Å². The molecule has 0 aliphatic carbocycles. The summed E-state index contributed by atoms with van der Waals surface area (Å²) >= 11 is 3.36. The molecule has 0 aromatic heterocycles. The lowest BCUT2D eigenvalue weighted by Gasteiger charge is -2.28. The second-order valence-corrected chi connectivity index (χ2v) is 9.17. The van der Waals surface area contributed by atoms with Crippen LogP contribution in [-0.4, -0.2) is 58.2 Å². The minimum atomic E-state index is -0.790. The molecule has 1 aliphatic heterocycles. The topological polar surface area (TPSA) is 170 Å². The van der Waals surface area contributed by atoms with E-state index in [2.05, 4.69) is 37.1 Å². The van der Waals surface area contributed by atoms with Crippen LogP contribution < -0.4 is 35.0 Å². The fraction of sp³-hybridized carbons (Fsp3) is 0.296. The number of allylic oxidation sites excluding steroid dienone is 1. The summed E-state index contributed by atoms with van der Waals surface area (Å²) in [5.74, 6) is 0.0559. The van der Waals surface area contributed by atoms with E-state index in [1.54, 1.807) is 44.2 Å². The first-order valence-electron chi connectivity index (χ1n) is 12.2. The molecule has 1 aliphatic rings. The molecule has 0 radical (unpaired) electrons. The smallest absolute Gasteiger partial charge is 0.338 e. The van der Waals surface area contributed by atoms with Crippen LogP contribution in [-0.2, 0) is 14.3 Å². The molecule has 2 aromatic carbocycles. The molecular formula is C27H28BrN5O8. The van der Waals surface area contributed by atoms with Gasteiger partial charge in [-0.25, -0.2) is 15.0 Å². The van der Waals surface area contributed by atoms with Crippen molar-refractivity contribution in [2.45, 2.75) is 19.9 Å². The van der Waals surface area contributed by atoms with Crippen molar-refractivity contribution in [3.05, 3.63) is 57.2 Å². The number of hydrogen-bond donors (Lipinski definition) is 3. The lowest BCUT2D eigenvalue weighted by Crippen LogP contribution is -2.45. The molecule has 41 heavy (non-hydrogen) atoms. The number of urea groups is 1. The first kappa shape index (κ1) is 30.8. The summed E-state index contributed by atoms with van der Waals surface area (Å²) in [6, 6.07) is 8.77. The molecule has 13 nitrogen and oxygen atoms in total. The number of esters is 1. The zero-order valence-electron chi connectivity index (χ0n) is 22.7. The highest BCUT2D eigenvalue weighted by Crippen LogP contribution is 2.35. The molecular weight excluding hydrogens is 602 g/mol. The van der Waals surface area contributed by atoms with Crippen molar-refractivity contribution in [3.8, 4) is 29.1 Å². The van der Waals surface area contributed by atoms with E-state index in [1.165, 1.54) is 20.4 Å². The Bertz CT molecular complexity index is 1420. The highest BCUT2D eigenvalue weighted by Gasteiger charge is 2.32. The molecule has 0 saturated heterocycles. The van der Waals surface area contributed by atoms with E-state index in [-0.39, 0.29) is 36.0 Å². The Balaban J connectivity index is 1.71. The van der Waals surface area contributed by atoms with Crippen molar-refractivity contribution in [1.29, 1.82) is 5.26 Å². The molecule has 0 unspecified atom stereocenters. The molecule has 1 atom stereocenters. The Hall–Kier alpha value is -4.77. The van der Waals surface area contributed by atoms with Crippen molar-refractivity contribution in [2.24, 2.45) is 5.10 Å². The summed E-state index contributed by atoms with van der Waals surface area (Å²) in [4.78, 5) is 37.1. The predicted molar refractivity (Wildman–Crippen MR) is 150 cm³/mol. The first-order chi connectivity index (χ1) is 19.7. The van der Waals surface area contributed by atoms with Crippen LogP contribution in [0.15, 0.2) is 51.2 Å². The van der Waals surface area contributed by atoms with E-state index in [4.69, 9.17) is 28.9 Å². The Morgan fingerprint density at radius 2 is 1.90 bits per heavy atom. The van der Waals surface area contributed by atoms with Crippen LogP contribution in [0.3, 0.4) is 0 Å². The summed E-state index contributed by atoms with van der Waals surface area (Å²) in [6.07, 6.45) is 1.34. The number of amides is 3. The van der Waals surface area contributed by atoms with Crippen LogP contribution in [0.25, 0.3) is 0 Å². The maximum Gasteiger partial charge on any atom is 0.338 e. The van der Waals surface area contributed by atoms with Crippen LogP contribution in [0.5, 0.6) is 23.0 Å². The van der Waals surface area contributed by atoms with Crippen LogP contribution in [0.2, 0.25) is 0 Å². The molecule has 0 fully saturated rings. The number of methoxy groups -OCH3 is 2. The van der Waals surface area contributed by atoms with Gasteiger partial charge in [-0.05, 0) is 43.7 Å². The third-order valence-corrected chi connectivity index (χ3v) is 6.04. The number of ether oxygens (including phenoxy) is 5. The summed E-state index contributed by atoms with van der Waals surface area (Å²) < 4.78 is 27.6. The lowest BCUT2D eigenvalue weighted by molar-refractivity contribution is -0.139. The van der Waals surface area contributed by atoms with Gasteiger partial charge in [0.25, 0.3) is 5.91 Å². The summed E-state index contributed by atoms with van der Waals surface area (Å²) in [7, 11) is 2.88. The Morgan fingerprint density at radius 1 is 1.15 bits per heavy atom. The Morgan fingerprint density at radius 3 is 2.59 bits per heavy atom. The monoisotopic (exact) mass is 629 g/mol. The van der Waals surface area contributed by atoms with Gasteiger partial charge >= 0.3 is 12.0 Å². The van der Waals surface area contributed by atoms with Gasteiger partial charge in [-0.1, -0.05) is 22.0 Å². The molecule has 0 saturated carbocycles. The maximum atomic E-state index is 12.6. The average Bonchev–Trinajstić information content (AvgIpc) is 2.94. The molecule has 3 rings (SSSR count).